The highest BCUT2D eigenvalue weighted by molar-refractivity contribution is 7.18. The smallest absolute Gasteiger partial charge is 0.321 e. The van der Waals surface area contributed by atoms with Crippen molar-refractivity contribution in [1.29, 1.82) is 0 Å². The highest BCUT2D eigenvalue weighted by Gasteiger charge is 2.29. The van der Waals surface area contributed by atoms with Gasteiger partial charge in [0.15, 0.2) is 0 Å². The van der Waals surface area contributed by atoms with Crippen LogP contribution in [0.15, 0.2) is 24.3 Å². The van der Waals surface area contributed by atoms with E-state index in [1.54, 1.807) is 11.3 Å². The van der Waals surface area contributed by atoms with Gasteiger partial charge in [0.2, 0.25) is 5.91 Å². The van der Waals surface area contributed by atoms with E-state index in [1.165, 1.54) is 4.70 Å². The van der Waals surface area contributed by atoms with E-state index >= 15 is 0 Å². The molecule has 144 valence electrons. The van der Waals surface area contributed by atoms with E-state index in [2.05, 4.69) is 21.6 Å². The molecule has 1 aliphatic heterocycles. The monoisotopic (exact) mass is 386 g/mol. The van der Waals surface area contributed by atoms with Gasteiger partial charge in [-0.25, -0.2) is 9.78 Å². The average Bonchev–Trinajstić information content (AvgIpc) is 3.31. The molecule has 3 amide bonds. The first-order valence-corrected chi connectivity index (χ1v) is 10.7. The second-order valence-electron chi connectivity index (χ2n) is 7.50. The van der Waals surface area contributed by atoms with E-state index in [0.29, 0.717) is 0 Å². The average molecular weight is 387 g/mol. The second-order valence-corrected chi connectivity index (χ2v) is 8.57. The highest BCUT2D eigenvalue weighted by atomic mass is 32.1. The molecule has 1 saturated carbocycles. The molecule has 27 heavy (non-hydrogen) atoms. The van der Waals surface area contributed by atoms with Gasteiger partial charge >= 0.3 is 6.03 Å². The number of fused-ring (bicyclic) bond motifs is 1. The maximum atomic E-state index is 12.4. The fourth-order valence-corrected chi connectivity index (χ4v) is 5.27. The Bertz CT molecular complexity index is 782. The first-order valence-electron chi connectivity index (χ1n) is 9.89. The van der Waals surface area contributed by atoms with Crippen molar-refractivity contribution >= 4 is 33.5 Å². The molecule has 0 spiro atoms. The number of hydrogen-bond donors (Lipinski definition) is 2. The number of nitrogens with zero attached hydrogens (tertiary/aromatic N) is 2. The van der Waals surface area contributed by atoms with Crippen LogP contribution in [0.5, 0.6) is 0 Å². The lowest BCUT2D eigenvalue weighted by molar-refractivity contribution is -0.122. The van der Waals surface area contributed by atoms with Crippen molar-refractivity contribution in [3.63, 3.8) is 0 Å². The third-order valence-electron chi connectivity index (χ3n) is 5.50. The second kappa shape index (κ2) is 8.35. The number of thiazole rings is 1. The first kappa shape index (κ1) is 18.4. The number of benzene rings is 1. The molecule has 2 aromatic rings. The summed E-state index contributed by atoms with van der Waals surface area (Å²) in [6, 6.07) is 8.15. The lowest BCUT2D eigenvalue weighted by Gasteiger charge is -2.33. The molecule has 1 saturated heterocycles. The van der Waals surface area contributed by atoms with Crippen LogP contribution in [0, 0.1) is 0 Å². The number of likely N-dealkylation sites (tertiary alicyclic amines) is 1. The number of piperidine rings is 1. The summed E-state index contributed by atoms with van der Waals surface area (Å²) < 4.78 is 1.18. The standard InChI is InChI=1S/C20H26N4O2S/c25-18(23-20(26)21-14-7-1-2-8-14)13-24-12-6-5-10-16(24)19-22-15-9-3-4-11-17(15)27-19/h3-4,9,11,14,16H,1-2,5-8,10,12-13H2,(H2,21,23,25,26)/t16-/m1/s1. The zero-order valence-electron chi connectivity index (χ0n) is 15.4. The fourth-order valence-electron chi connectivity index (χ4n) is 4.13. The zero-order valence-corrected chi connectivity index (χ0v) is 16.3. The molecule has 1 aliphatic carbocycles. The summed E-state index contributed by atoms with van der Waals surface area (Å²) in [6.07, 6.45) is 7.53. The Balaban J connectivity index is 1.38. The lowest BCUT2D eigenvalue weighted by Crippen LogP contribution is -2.48. The topological polar surface area (TPSA) is 74.3 Å². The molecular formula is C20H26N4O2S. The van der Waals surface area contributed by atoms with Crippen LogP contribution in [0.3, 0.4) is 0 Å². The Morgan fingerprint density at radius 3 is 2.70 bits per heavy atom. The summed E-state index contributed by atoms with van der Waals surface area (Å²) in [7, 11) is 0. The number of carbonyl (C=O) groups is 2. The number of urea groups is 1. The molecule has 1 aromatic heterocycles. The van der Waals surface area contributed by atoms with Gasteiger partial charge in [0, 0.05) is 6.04 Å². The van der Waals surface area contributed by atoms with Gasteiger partial charge in [-0.05, 0) is 44.4 Å². The molecule has 4 rings (SSSR count). The Morgan fingerprint density at radius 2 is 1.89 bits per heavy atom. The molecule has 0 unspecified atom stereocenters. The third-order valence-corrected chi connectivity index (χ3v) is 6.64. The van der Waals surface area contributed by atoms with Crippen molar-refractivity contribution in [1.82, 2.24) is 20.5 Å². The lowest BCUT2D eigenvalue weighted by atomic mass is 10.0. The number of aromatic nitrogens is 1. The number of nitrogens with one attached hydrogen (secondary N) is 2. The van der Waals surface area contributed by atoms with Gasteiger partial charge in [-0.1, -0.05) is 31.4 Å². The number of para-hydroxylation sites is 1. The van der Waals surface area contributed by atoms with Gasteiger partial charge in [-0.2, -0.15) is 0 Å². The Morgan fingerprint density at radius 1 is 1.11 bits per heavy atom. The van der Waals surface area contributed by atoms with Gasteiger partial charge in [-0.3, -0.25) is 15.0 Å². The van der Waals surface area contributed by atoms with Crippen LogP contribution in [0.2, 0.25) is 0 Å². The van der Waals surface area contributed by atoms with Crippen LogP contribution in [0.25, 0.3) is 10.2 Å². The normalized spacial score (nSPS) is 21.4. The van der Waals surface area contributed by atoms with Crippen molar-refractivity contribution in [2.45, 2.75) is 57.0 Å². The fraction of sp³-hybridized carbons (Fsp3) is 0.550. The molecule has 0 radical (unpaired) electrons. The van der Waals surface area contributed by atoms with Crippen molar-refractivity contribution in [3.05, 3.63) is 29.3 Å². The molecule has 1 aromatic carbocycles. The molecule has 2 fully saturated rings. The summed E-state index contributed by atoms with van der Waals surface area (Å²) in [5, 5.41) is 6.48. The Hall–Kier alpha value is -1.99. The molecule has 2 heterocycles. The van der Waals surface area contributed by atoms with Crippen LogP contribution < -0.4 is 10.6 Å². The minimum Gasteiger partial charge on any atom is -0.335 e. The van der Waals surface area contributed by atoms with Crippen molar-refractivity contribution in [2.24, 2.45) is 0 Å². The van der Waals surface area contributed by atoms with Crippen molar-refractivity contribution in [2.75, 3.05) is 13.1 Å². The summed E-state index contributed by atoms with van der Waals surface area (Å²) >= 11 is 1.71. The predicted octanol–water partition coefficient (Wildman–Crippen LogP) is 3.59. The molecular weight excluding hydrogens is 360 g/mol. The van der Waals surface area contributed by atoms with Gasteiger partial charge in [0.1, 0.15) is 5.01 Å². The summed E-state index contributed by atoms with van der Waals surface area (Å²) in [4.78, 5) is 31.4. The number of carbonyl (C=O) groups excluding carboxylic acids is 2. The van der Waals surface area contributed by atoms with E-state index in [4.69, 9.17) is 4.98 Å². The van der Waals surface area contributed by atoms with E-state index in [0.717, 1.165) is 62.0 Å². The first-order chi connectivity index (χ1) is 13.2. The minimum atomic E-state index is -0.361. The van der Waals surface area contributed by atoms with Crippen LogP contribution in [-0.4, -0.2) is 41.0 Å². The van der Waals surface area contributed by atoms with Gasteiger partial charge in [-0.15, -0.1) is 11.3 Å². The molecule has 6 nitrogen and oxygen atoms in total. The third kappa shape index (κ3) is 4.47. The molecule has 2 aliphatic rings. The minimum absolute atomic E-state index is 0.153. The number of rotatable bonds is 4. The molecule has 2 N–H and O–H groups in total. The van der Waals surface area contributed by atoms with Crippen LogP contribution in [-0.2, 0) is 4.79 Å². The van der Waals surface area contributed by atoms with Crippen LogP contribution >= 0.6 is 11.3 Å². The van der Waals surface area contributed by atoms with E-state index < -0.39 is 0 Å². The van der Waals surface area contributed by atoms with E-state index in [-0.39, 0.29) is 30.6 Å². The Labute approximate surface area is 163 Å². The maximum Gasteiger partial charge on any atom is 0.321 e. The summed E-state index contributed by atoms with van der Waals surface area (Å²) in [5.41, 5.74) is 1.02. The number of imide groups is 1. The quantitative estimate of drug-likeness (QED) is 0.842. The summed E-state index contributed by atoms with van der Waals surface area (Å²) in [6.45, 7) is 1.09. The predicted molar refractivity (Wildman–Crippen MR) is 107 cm³/mol. The van der Waals surface area contributed by atoms with Gasteiger partial charge in [0.25, 0.3) is 0 Å². The zero-order chi connectivity index (χ0) is 18.6. The van der Waals surface area contributed by atoms with Crippen LogP contribution in [0.1, 0.15) is 56.0 Å². The Kier molecular flexibility index (Phi) is 5.69. The van der Waals surface area contributed by atoms with E-state index in [9.17, 15) is 9.59 Å². The molecule has 0 bridgehead atoms. The van der Waals surface area contributed by atoms with Gasteiger partial charge < -0.3 is 5.32 Å². The SMILES string of the molecule is O=C(CN1CCCC[C@@H]1c1nc2ccccc2s1)NC(=O)NC1CCCC1. The highest BCUT2D eigenvalue weighted by Crippen LogP contribution is 2.35. The van der Waals surface area contributed by atoms with Crippen molar-refractivity contribution in [3.8, 4) is 0 Å². The molecule has 7 heteroatoms. The largest absolute Gasteiger partial charge is 0.335 e. The van der Waals surface area contributed by atoms with Crippen LogP contribution in [0.4, 0.5) is 4.79 Å². The summed E-state index contributed by atoms with van der Waals surface area (Å²) in [5.74, 6) is -0.237. The van der Waals surface area contributed by atoms with E-state index in [1.807, 2.05) is 18.2 Å². The molecule has 1 atom stereocenters. The van der Waals surface area contributed by atoms with Crippen molar-refractivity contribution < 1.29 is 9.59 Å². The number of hydrogen-bond acceptors (Lipinski definition) is 5. The number of amides is 3. The maximum absolute atomic E-state index is 12.4. The van der Waals surface area contributed by atoms with Gasteiger partial charge in [0.05, 0.1) is 22.8 Å².